The maximum atomic E-state index is 12.9. The highest BCUT2D eigenvalue weighted by Crippen LogP contribution is 2.29. The molecule has 10 heavy (non-hydrogen) atoms. The fraction of sp³-hybridized carbons (Fsp3) is 1.00. The van der Waals surface area contributed by atoms with Crippen molar-refractivity contribution in [2.45, 2.75) is 44.9 Å². The van der Waals surface area contributed by atoms with Gasteiger partial charge >= 0.3 is 0 Å². The molecular formula is C8H15FO. The van der Waals surface area contributed by atoms with Gasteiger partial charge in [0, 0.05) is 5.92 Å². The van der Waals surface area contributed by atoms with Gasteiger partial charge in [-0.25, -0.2) is 4.39 Å². The minimum absolute atomic E-state index is 0.0891. The summed E-state index contributed by atoms with van der Waals surface area (Å²) >= 11 is 0. The van der Waals surface area contributed by atoms with Crippen molar-refractivity contribution in [3.8, 4) is 0 Å². The van der Waals surface area contributed by atoms with E-state index in [2.05, 4.69) is 0 Å². The Hall–Kier alpha value is -0.110. The summed E-state index contributed by atoms with van der Waals surface area (Å²) in [6.45, 7) is 1.68. The third kappa shape index (κ3) is 1.69. The van der Waals surface area contributed by atoms with E-state index in [1.807, 2.05) is 0 Å². The fourth-order valence-electron chi connectivity index (χ4n) is 1.66. The monoisotopic (exact) mass is 146 g/mol. The number of hydrogen-bond donors (Lipinski definition) is 1. The zero-order chi connectivity index (χ0) is 7.56. The second-order valence-corrected chi connectivity index (χ2v) is 3.20. The highest BCUT2D eigenvalue weighted by atomic mass is 19.1. The highest BCUT2D eigenvalue weighted by Gasteiger charge is 2.27. The predicted octanol–water partition coefficient (Wildman–Crippen LogP) is 1.90. The fourth-order valence-corrected chi connectivity index (χ4v) is 1.66. The van der Waals surface area contributed by atoms with Crippen molar-refractivity contribution in [1.82, 2.24) is 0 Å². The molecule has 0 heterocycles. The van der Waals surface area contributed by atoms with Gasteiger partial charge in [-0.2, -0.15) is 0 Å². The molecule has 1 aliphatic carbocycles. The zero-order valence-electron chi connectivity index (χ0n) is 6.39. The van der Waals surface area contributed by atoms with Crippen LogP contribution in [0.1, 0.15) is 32.6 Å². The zero-order valence-corrected chi connectivity index (χ0v) is 6.39. The van der Waals surface area contributed by atoms with Crippen LogP contribution < -0.4 is 0 Å². The summed E-state index contributed by atoms with van der Waals surface area (Å²) in [7, 11) is 0. The number of rotatable bonds is 1. The van der Waals surface area contributed by atoms with Gasteiger partial charge in [-0.05, 0) is 19.8 Å². The molecule has 0 saturated heterocycles. The summed E-state index contributed by atoms with van der Waals surface area (Å²) < 4.78 is 12.9. The van der Waals surface area contributed by atoms with Crippen molar-refractivity contribution in [3.63, 3.8) is 0 Å². The van der Waals surface area contributed by atoms with Gasteiger partial charge in [0.1, 0.15) is 6.17 Å². The Labute approximate surface area is 61.2 Å². The van der Waals surface area contributed by atoms with Crippen molar-refractivity contribution >= 4 is 0 Å². The summed E-state index contributed by atoms with van der Waals surface area (Å²) in [6.07, 6.45) is 2.36. The molecule has 1 rings (SSSR count). The molecule has 0 bridgehead atoms. The van der Waals surface area contributed by atoms with E-state index >= 15 is 0 Å². The normalized spacial score (nSPS) is 37.5. The highest BCUT2D eigenvalue weighted by molar-refractivity contribution is 4.78. The van der Waals surface area contributed by atoms with E-state index in [1.54, 1.807) is 6.92 Å². The molecule has 0 aliphatic heterocycles. The molecule has 2 heteroatoms. The third-order valence-electron chi connectivity index (χ3n) is 2.35. The van der Waals surface area contributed by atoms with Gasteiger partial charge in [-0.1, -0.05) is 12.8 Å². The first-order chi connectivity index (χ1) is 4.72. The standard InChI is InChI=1S/C8H15FO/c1-6(10)7-4-2-3-5-8(7)9/h6-8,10H,2-5H2,1H3. The minimum Gasteiger partial charge on any atom is -0.393 e. The molecule has 1 N–H and O–H groups in total. The van der Waals surface area contributed by atoms with Gasteiger partial charge in [-0.3, -0.25) is 0 Å². The molecule has 0 radical (unpaired) electrons. The molecule has 60 valence electrons. The van der Waals surface area contributed by atoms with Gasteiger partial charge in [0.05, 0.1) is 6.10 Å². The number of aliphatic hydroxyl groups excluding tert-OH is 1. The molecule has 1 nitrogen and oxygen atoms in total. The molecule has 0 amide bonds. The Balaban J connectivity index is 2.40. The maximum Gasteiger partial charge on any atom is 0.105 e. The first-order valence-electron chi connectivity index (χ1n) is 4.04. The second kappa shape index (κ2) is 3.33. The lowest BCUT2D eigenvalue weighted by atomic mass is 9.84. The van der Waals surface area contributed by atoms with Crippen LogP contribution in [0.25, 0.3) is 0 Å². The van der Waals surface area contributed by atoms with Crippen LogP contribution in [0.3, 0.4) is 0 Å². The van der Waals surface area contributed by atoms with E-state index in [4.69, 9.17) is 5.11 Å². The van der Waals surface area contributed by atoms with E-state index in [1.165, 1.54) is 0 Å². The lowest BCUT2D eigenvalue weighted by Gasteiger charge is -2.27. The molecule has 1 saturated carbocycles. The number of alkyl halides is 1. The first-order valence-corrected chi connectivity index (χ1v) is 4.04. The van der Waals surface area contributed by atoms with Crippen molar-refractivity contribution in [2.24, 2.45) is 5.92 Å². The Morgan fingerprint density at radius 3 is 2.40 bits per heavy atom. The lowest BCUT2D eigenvalue weighted by molar-refractivity contribution is 0.0418. The van der Waals surface area contributed by atoms with Crippen LogP contribution in [0.4, 0.5) is 4.39 Å². The molecule has 0 spiro atoms. The SMILES string of the molecule is CC(O)C1CCCCC1F. The third-order valence-corrected chi connectivity index (χ3v) is 2.35. The van der Waals surface area contributed by atoms with Crippen LogP contribution in [0.2, 0.25) is 0 Å². The second-order valence-electron chi connectivity index (χ2n) is 3.20. The van der Waals surface area contributed by atoms with Crippen molar-refractivity contribution in [2.75, 3.05) is 0 Å². The Morgan fingerprint density at radius 1 is 1.40 bits per heavy atom. The van der Waals surface area contributed by atoms with Crippen LogP contribution >= 0.6 is 0 Å². The molecule has 0 aromatic rings. The maximum absolute atomic E-state index is 12.9. The Kier molecular flexibility index (Phi) is 2.66. The number of hydrogen-bond acceptors (Lipinski definition) is 1. The van der Waals surface area contributed by atoms with Gasteiger partial charge in [0.15, 0.2) is 0 Å². The summed E-state index contributed by atoms with van der Waals surface area (Å²) in [6, 6.07) is 0. The number of halogens is 1. The average Bonchev–Trinajstić information content (AvgIpc) is 1.88. The van der Waals surface area contributed by atoms with Gasteiger partial charge in [-0.15, -0.1) is 0 Å². The molecular weight excluding hydrogens is 131 g/mol. The lowest BCUT2D eigenvalue weighted by Crippen LogP contribution is -2.29. The van der Waals surface area contributed by atoms with Crippen LogP contribution in [-0.2, 0) is 0 Å². The van der Waals surface area contributed by atoms with E-state index in [9.17, 15) is 4.39 Å². The van der Waals surface area contributed by atoms with Crippen molar-refractivity contribution in [3.05, 3.63) is 0 Å². The first kappa shape index (κ1) is 7.99. The van der Waals surface area contributed by atoms with E-state index in [0.29, 0.717) is 6.42 Å². The van der Waals surface area contributed by atoms with Crippen molar-refractivity contribution < 1.29 is 9.50 Å². The number of aliphatic hydroxyl groups is 1. The Morgan fingerprint density at radius 2 is 2.00 bits per heavy atom. The quantitative estimate of drug-likeness (QED) is 0.599. The summed E-state index contributed by atoms with van der Waals surface area (Å²) in [5, 5.41) is 9.11. The Bertz CT molecular complexity index is 103. The van der Waals surface area contributed by atoms with Crippen LogP contribution in [0.5, 0.6) is 0 Å². The molecule has 3 atom stereocenters. The van der Waals surface area contributed by atoms with Gasteiger partial charge in [0.2, 0.25) is 0 Å². The molecule has 0 aromatic heterocycles. The molecule has 1 aliphatic rings. The van der Waals surface area contributed by atoms with E-state index < -0.39 is 12.3 Å². The van der Waals surface area contributed by atoms with Crippen molar-refractivity contribution in [1.29, 1.82) is 0 Å². The largest absolute Gasteiger partial charge is 0.393 e. The van der Waals surface area contributed by atoms with Crippen LogP contribution in [0.15, 0.2) is 0 Å². The molecule has 1 fully saturated rings. The average molecular weight is 146 g/mol. The topological polar surface area (TPSA) is 20.2 Å². The van der Waals surface area contributed by atoms with Crippen LogP contribution in [0, 0.1) is 5.92 Å². The van der Waals surface area contributed by atoms with Crippen LogP contribution in [-0.4, -0.2) is 17.4 Å². The minimum atomic E-state index is -0.756. The summed E-state index contributed by atoms with van der Waals surface area (Å²) in [4.78, 5) is 0. The molecule has 3 unspecified atom stereocenters. The van der Waals surface area contributed by atoms with Gasteiger partial charge in [0.25, 0.3) is 0 Å². The summed E-state index contributed by atoms with van der Waals surface area (Å²) in [5.74, 6) is -0.0891. The smallest absolute Gasteiger partial charge is 0.105 e. The van der Waals surface area contributed by atoms with E-state index in [0.717, 1.165) is 19.3 Å². The van der Waals surface area contributed by atoms with E-state index in [-0.39, 0.29) is 5.92 Å². The molecule has 0 aromatic carbocycles. The van der Waals surface area contributed by atoms with Gasteiger partial charge < -0.3 is 5.11 Å². The predicted molar refractivity (Wildman–Crippen MR) is 38.5 cm³/mol. The summed E-state index contributed by atoms with van der Waals surface area (Å²) in [5.41, 5.74) is 0.